The Bertz CT molecular complexity index is 733. The molecule has 0 radical (unpaired) electrons. The highest BCUT2D eigenvalue weighted by atomic mass is 35.5. The van der Waals surface area contributed by atoms with Gasteiger partial charge in [-0.1, -0.05) is 17.7 Å². The van der Waals surface area contributed by atoms with Crippen LogP contribution < -0.4 is 0 Å². The van der Waals surface area contributed by atoms with Crippen molar-refractivity contribution in [3.05, 3.63) is 68.5 Å². The topological polar surface area (TPSA) is 80.4 Å². The van der Waals surface area contributed by atoms with Crippen LogP contribution in [0.1, 0.15) is 15.9 Å². The predicted molar refractivity (Wildman–Crippen MR) is 81.0 cm³/mol. The normalized spacial score (nSPS) is 10.5. The molecule has 0 aliphatic heterocycles. The number of rotatable bonds is 5. The smallest absolute Gasteiger partial charge is 0.335 e. The Hall–Kier alpha value is -2.12. The third-order valence-electron chi connectivity index (χ3n) is 2.84. The summed E-state index contributed by atoms with van der Waals surface area (Å²) in [6.45, 7) is 0. The van der Waals surface area contributed by atoms with E-state index < -0.39 is 16.7 Å². The minimum Gasteiger partial charge on any atom is -0.478 e. The highest BCUT2D eigenvalue weighted by Gasteiger charge is 2.18. The maximum absolute atomic E-state index is 13.7. The quantitative estimate of drug-likeness (QED) is 0.496. The number of benzene rings is 2. The van der Waals surface area contributed by atoms with Crippen molar-refractivity contribution in [1.29, 1.82) is 0 Å². The van der Waals surface area contributed by atoms with Gasteiger partial charge in [-0.05, 0) is 24.3 Å². The van der Waals surface area contributed by atoms with Crippen LogP contribution in [-0.4, -0.2) is 16.0 Å². The van der Waals surface area contributed by atoms with Crippen molar-refractivity contribution in [1.82, 2.24) is 0 Å². The lowest BCUT2D eigenvalue weighted by atomic mass is 10.2. The number of nitro groups is 1. The van der Waals surface area contributed by atoms with Crippen molar-refractivity contribution < 1.29 is 19.2 Å². The van der Waals surface area contributed by atoms with E-state index >= 15 is 0 Å². The third-order valence-corrected chi connectivity index (χ3v) is 4.28. The van der Waals surface area contributed by atoms with Crippen molar-refractivity contribution >= 4 is 35.0 Å². The molecule has 0 aliphatic carbocycles. The van der Waals surface area contributed by atoms with Gasteiger partial charge in [-0.15, -0.1) is 11.8 Å². The molecule has 8 heteroatoms. The fraction of sp³-hybridized carbons (Fsp3) is 0.0714. The van der Waals surface area contributed by atoms with E-state index in [4.69, 9.17) is 16.7 Å². The second kappa shape index (κ2) is 6.76. The molecule has 1 N–H and O–H groups in total. The number of nitro benzene ring substituents is 1. The van der Waals surface area contributed by atoms with Crippen LogP contribution in [0.3, 0.4) is 0 Å². The molecule has 0 bridgehead atoms. The van der Waals surface area contributed by atoms with E-state index in [1.165, 1.54) is 30.3 Å². The summed E-state index contributed by atoms with van der Waals surface area (Å²) < 4.78 is 13.7. The molecule has 2 aromatic carbocycles. The van der Waals surface area contributed by atoms with Gasteiger partial charge in [0.1, 0.15) is 5.82 Å². The summed E-state index contributed by atoms with van der Waals surface area (Å²) in [6.07, 6.45) is 0. The molecule has 114 valence electrons. The Morgan fingerprint density at radius 2 is 2.09 bits per heavy atom. The molecular weight excluding hydrogens is 333 g/mol. The van der Waals surface area contributed by atoms with Crippen LogP contribution in [-0.2, 0) is 5.75 Å². The second-order valence-corrected chi connectivity index (χ2v) is 5.66. The molecule has 0 fully saturated rings. The molecule has 0 saturated carbocycles. The number of aromatic carboxylic acids is 1. The molecule has 0 heterocycles. The van der Waals surface area contributed by atoms with Crippen molar-refractivity contribution in [3.63, 3.8) is 0 Å². The fourth-order valence-electron chi connectivity index (χ4n) is 1.74. The zero-order chi connectivity index (χ0) is 16.3. The lowest BCUT2D eigenvalue weighted by Crippen LogP contribution is -1.99. The summed E-state index contributed by atoms with van der Waals surface area (Å²) in [4.78, 5) is 21.5. The lowest BCUT2D eigenvalue weighted by Gasteiger charge is -2.07. The van der Waals surface area contributed by atoms with Gasteiger partial charge in [0.2, 0.25) is 0 Å². The van der Waals surface area contributed by atoms with Gasteiger partial charge in [0.05, 0.1) is 15.4 Å². The fourth-order valence-corrected chi connectivity index (χ4v) is 3.08. The van der Waals surface area contributed by atoms with E-state index in [9.17, 15) is 19.3 Å². The Balaban J connectivity index is 2.30. The first-order valence-corrected chi connectivity index (χ1v) is 7.34. The number of carboxylic acid groups (broad SMARTS) is 1. The van der Waals surface area contributed by atoms with Crippen LogP contribution in [0.25, 0.3) is 0 Å². The number of hydrogen-bond acceptors (Lipinski definition) is 4. The summed E-state index contributed by atoms with van der Waals surface area (Å²) in [7, 11) is 0. The molecule has 0 unspecified atom stereocenters. The van der Waals surface area contributed by atoms with Crippen molar-refractivity contribution in [2.75, 3.05) is 0 Å². The number of halogens is 2. The molecule has 2 rings (SSSR count). The van der Waals surface area contributed by atoms with Crippen LogP contribution in [0.5, 0.6) is 0 Å². The SMILES string of the molecule is O=C(O)c1ccc(SCc2c(F)cccc2Cl)c([N+](=O)[O-])c1. The third kappa shape index (κ3) is 3.55. The minimum atomic E-state index is -1.25. The minimum absolute atomic E-state index is 0.0960. The van der Waals surface area contributed by atoms with Crippen LogP contribution in [0, 0.1) is 15.9 Å². The maximum atomic E-state index is 13.7. The first kappa shape index (κ1) is 16.3. The lowest BCUT2D eigenvalue weighted by molar-refractivity contribution is -0.387. The van der Waals surface area contributed by atoms with Crippen molar-refractivity contribution in [3.8, 4) is 0 Å². The molecular formula is C14H9ClFNO4S. The number of carbonyl (C=O) groups is 1. The Kier molecular flexibility index (Phi) is 4.99. The first-order chi connectivity index (χ1) is 10.4. The summed E-state index contributed by atoms with van der Waals surface area (Å²) >= 11 is 6.92. The molecule has 2 aromatic rings. The average molecular weight is 342 g/mol. The summed E-state index contributed by atoms with van der Waals surface area (Å²) in [5.41, 5.74) is -0.275. The Labute approximate surface area is 133 Å². The zero-order valence-corrected chi connectivity index (χ0v) is 12.5. The van der Waals surface area contributed by atoms with Gasteiger partial charge < -0.3 is 5.11 Å². The van der Waals surface area contributed by atoms with Crippen LogP contribution in [0.4, 0.5) is 10.1 Å². The highest BCUT2D eigenvalue weighted by molar-refractivity contribution is 7.98. The van der Waals surface area contributed by atoms with Gasteiger partial charge in [-0.25, -0.2) is 9.18 Å². The van der Waals surface area contributed by atoms with Gasteiger partial charge in [-0.2, -0.15) is 0 Å². The first-order valence-electron chi connectivity index (χ1n) is 5.97. The number of thioether (sulfide) groups is 1. The van der Waals surface area contributed by atoms with Crippen LogP contribution >= 0.6 is 23.4 Å². The molecule has 22 heavy (non-hydrogen) atoms. The van der Waals surface area contributed by atoms with Gasteiger partial charge in [-0.3, -0.25) is 10.1 Å². The van der Waals surface area contributed by atoms with E-state index in [2.05, 4.69) is 0 Å². The van der Waals surface area contributed by atoms with Gasteiger partial charge in [0.25, 0.3) is 5.69 Å². The van der Waals surface area contributed by atoms with Gasteiger partial charge >= 0.3 is 5.97 Å². The predicted octanol–water partition coefficient (Wildman–Crippen LogP) is 4.38. The molecule has 0 aromatic heterocycles. The number of carboxylic acids is 1. The Morgan fingerprint density at radius 1 is 1.36 bits per heavy atom. The van der Waals surface area contributed by atoms with E-state index in [1.54, 1.807) is 0 Å². The van der Waals surface area contributed by atoms with Crippen LogP contribution in [0.15, 0.2) is 41.3 Å². The number of nitrogens with zero attached hydrogens (tertiary/aromatic N) is 1. The average Bonchev–Trinajstić information content (AvgIpc) is 2.46. The maximum Gasteiger partial charge on any atom is 0.335 e. The molecule has 5 nitrogen and oxygen atoms in total. The molecule has 0 amide bonds. The standard InChI is InChI=1S/C14H9ClFNO4S/c15-10-2-1-3-11(16)9(10)7-22-13-5-4-8(14(18)19)6-12(13)17(20)21/h1-6H,7H2,(H,18,19). The summed E-state index contributed by atoms with van der Waals surface area (Å²) in [6, 6.07) is 7.83. The second-order valence-electron chi connectivity index (χ2n) is 4.23. The van der Waals surface area contributed by atoms with Gasteiger partial charge in [0.15, 0.2) is 0 Å². The largest absolute Gasteiger partial charge is 0.478 e. The van der Waals surface area contributed by atoms with Crippen molar-refractivity contribution in [2.24, 2.45) is 0 Å². The molecule has 0 spiro atoms. The highest BCUT2D eigenvalue weighted by Crippen LogP contribution is 2.34. The van der Waals surface area contributed by atoms with Crippen LogP contribution in [0.2, 0.25) is 5.02 Å². The van der Waals surface area contributed by atoms with Crippen molar-refractivity contribution in [2.45, 2.75) is 10.6 Å². The van der Waals surface area contributed by atoms with Gasteiger partial charge in [0, 0.05) is 22.4 Å². The zero-order valence-electron chi connectivity index (χ0n) is 11.0. The Morgan fingerprint density at radius 3 is 2.68 bits per heavy atom. The van der Waals surface area contributed by atoms with E-state index in [0.717, 1.165) is 17.8 Å². The molecule has 0 atom stereocenters. The summed E-state index contributed by atoms with van der Waals surface area (Å²) in [5.74, 6) is -1.65. The monoisotopic (exact) mass is 341 g/mol. The van der Waals surface area contributed by atoms with E-state index in [0.29, 0.717) is 0 Å². The molecule has 0 saturated heterocycles. The van der Waals surface area contributed by atoms with E-state index in [1.807, 2.05) is 0 Å². The summed E-state index contributed by atoms with van der Waals surface area (Å²) in [5, 5.41) is 20.1. The van der Waals surface area contributed by atoms with E-state index in [-0.39, 0.29) is 32.5 Å². The molecule has 0 aliphatic rings. The number of hydrogen-bond donors (Lipinski definition) is 1.